The highest BCUT2D eigenvalue weighted by Crippen LogP contribution is 2.29. The van der Waals surface area contributed by atoms with Crippen molar-refractivity contribution >= 4 is 18.3 Å². The molecule has 0 spiro atoms. The van der Waals surface area contributed by atoms with Crippen molar-refractivity contribution in [2.45, 2.75) is 19.3 Å². The molecule has 21 heavy (non-hydrogen) atoms. The van der Waals surface area contributed by atoms with Crippen LogP contribution in [0.5, 0.6) is 5.75 Å². The van der Waals surface area contributed by atoms with Crippen LogP contribution in [0.4, 0.5) is 0 Å². The molecule has 1 aromatic rings. The third kappa shape index (κ3) is 4.61. The number of carbonyl (C=O) groups is 1. The lowest BCUT2D eigenvalue weighted by Crippen LogP contribution is -2.34. The molecule has 1 aromatic carbocycles. The molecule has 1 amide bonds. The number of rotatable bonds is 4. The van der Waals surface area contributed by atoms with Gasteiger partial charge >= 0.3 is 0 Å². The summed E-state index contributed by atoms with van der Waals surface area (Å²) in [6.45, 7) is 4.32. The lowest BCUT2D eigenvalue weighted by molar-refractivity contribution is 0.0766. The van der Waals surface area contributed by atoms with Crippen LogP contribution >= 0.6 is 12.4 Å². The molecule has 4 nitrogen and oxygen atoms in total. The van der Waals surface area contributed by atoms with Crippen LogP contribution in [0.1, 0.15) is 29.6 Å². The van der Waals surface area contributed by atoms with E-state index < -0.39 is 0 Å². The van der Waals surface area contributed by atoms with E-state index in [2.05, 4.69) is 5.32 Å². The normalized spacial score (nSPS) is 18.6. The van der Waals surface area contributed by atoms with E-state index in [4.69, 9.17) is 4.74 Å². The van der Waals surface area contributed by atoms with E-state index in [-0.39, 0.29) is 18.3 Å². The molecule has 1 aliphatic heterocycles. The minimum Gasteiger partial charge on any atom is -0.493 e. The monoisotopic (exact) mass is 310 g/mol. The first-order chi connectivity index (χ1) is 9.83. The lowest BCUT2D eigenvalue weighted by Gasteiger charge is -2.20. The van der Waals surface area contributed by atoms with Crippen molar-refractivity contribution < 1.29 is 9.53 Å². The Bertz CT molecular complexity index is 452. The molecule has 3 rings (SSSR count). The smallest absolute Gasteiger partial charge is 0.253 e. The summed E-state index contributed by atoms with van der Waals surface area (Å²) in [6, 6.07) is 7.57. The average molecular weight is 311 g/mol. The predicted molar refractivity (Wildman–Crippen MR) is 85.3 cm³/mol. The zero-order chi connectivity index (χ0) is 13.8. The molecule has 2 aliphatic rings. The zero-order valence-corrected chi connectivity index (χ0v) is 13.0. The van der Waals surface area contributed by atoms with Gasteiger partial charge in [0.1, 0.15) is 5.75 Å². The summed E-state index contributed by atoms with van der Waals surface area (Å²) < 4.78 is 5.70. The van der Waals surface area contributed by atoms with E-state index in [0.29, 0.717) is 0 Å². The molecule has 0 bridgehead atoms. The maximum absolute atomic E-state index is 12.4. The summed E-state index contributed by atoms with van der Waals surface area (Å²) in [6.07, 6.45) is 3.60. The number of benzene rings is 1. The summed E-state index contributed by atoms with van der Waals surface area (Å²) in [5.41, 5.74) is 0.755. The van der Waals surface area contributed by atoms with Gasteiger partial charge in [-0.25, -0.2) is 0 Å². The second-order valence-corrected chi connectivity index (χ2v) is 5.67. The van der Waals surface area contributed by atoms with Crippen LogP contribution in [0.25, 0.3) is 0 Å². The highest BCUT2D eigenvalue weighted by molar-refractivity contribution is 5.94. The van der Waals surface area contributed by atoms with Gasteiger partial charge in [0.25, 0.3) is 5.91 Å². The van der Waals surface area contributed by atoms with E-state index in [0.717, 1.165) is 56.4 Å². The number of halogens is 1. The second-order valence-electron chi connectivity index (χ2n) is 5.67. The largest absolute Gasteiger partial charge is 0.493 e. The summed E-state index contributed by atoms with van der Waals surface area (Å²) in [5, 5.41) is 3.31. The van der Waals surface area contributed by atoms with Crippen molar-refractivity contribution in [1.29, 1.82) is 0 Å². The summed E-state index contributed by atoms with van der Waals surface area (Å²) in [5.74, 6) is 1.74. The SMILES string of the molecule is Cl.O=C(c1ccc(OCC2CC2)cc1)N1CCCNCC1. The lowest BCUT2D eigenvalue weighted by atomic mass is 10.2. The number of ether oxygens (including phenoxy) is 1. The van der Waals surface area contributed by atoms with Crippen LogP contribution in [0.2, 0.25) is 0 Å². The molecule has 1 saturated carbocycles. The van der Waals surface area contributed by atoms with Gasteiger partial charge in [-0.1, -0.05) is 0 Å². The van der Waals surface area contributed by atoms with E-state index >= 15 is 0 Å². The minimum atomic E-state index is 0. The van der Waals surface area contributed by atoms with Crippen molar-refractivity contribution in [3.63, 3.8) is 0 Å². The highest BCUT2D eigenvalue weighted by Gasteiger charge is 2.22. The molecule has 0 radical (unpaired) electrons. The van der Waals surface area contributed by atoms with Gasteiger partial charge in [0.2, 0.25) is 0 Å². The molecule has 0 unspecified atom stereocenters. The van der Waals surface area contributed by atoms with Gasteiger partial charge in [0.05, 0.1) is 6.61 Å². The van der Waals surface area contributed by atoms with Crippen molar-refractivity contribution in [3.8, 4) is 5.75 Å². The maximum atomic E-state index is 12.4. The van der Waals surface area contributed by atoms with Crippen molar-refractivity contribution in [2.75, 3.05) is 32.8 Å². The van der Waals surface area contributed by atoms with E-state index in [1.54, 1.807) is 0 Å². The fourth-order valence-corrected chi connectivity index (χ4v) is 2.42. The van der Waals surface area contributed by atoms with Crippen LogP contribution in [0, 0.1) is 5.92 Å². The molecular formula is C16H23ClN2O2. The van der Waals surface area contributed by atoms with Gasteiger partial charge in [-0.2, -0.15) is 0 Å². The number of nitrogens with zero attached hydrogens (tertiary/aromatic N) is 1. The standard InChI is InChI=1S/C16H22N2O2.ClH/c19-16(18-10-1-8-17-9-11-18)14-4-6-15(7-5-14)20-12-13-2-3-13;/h4-7,13,17H,1-3,8-12H2;1H. The molecule has 1 saturated heterocycles. The van der Waals surface area contributed by atoms with Crippen molar-refractivity contribution in [1.82, 2.24) is 10.2 Å². The Labute approximate surface area is 132 Å². The van der Waals surface area contributed by atoms with Gasteiger partial charge in [-0.05, 0) is 56.0 Å². The van der Waals surface area contributed by atoms with Gasteiger partial charge in [0.15, 0.2) is 0 Å². The number of nitrogens with one attached hydrogen (secondary N) is 1. The second kappa shape index (κ2) is 7.66. The third-order valence-corrected chi connectivity index (χ3v) is 3.91. The predicted octanol–water partition coefficient (Wildman–Crippen LogP) is 2.33. The van der Waals surface area contributed by atoms with Crippen molar-refractivity contribution in [2.24, 2.45) is 5.92 Å². The molecular weight excluding hydrogens is 288 g/mol. The Hall–Kier alpha value is -1.26. The Morgan fingerprint density at radius 2 is 1.95 bits per heavy atom. The topological polar surface area (TPSA) is 41.6 Å². The molecule has 2 fully saturated rings. The number of hydrogen-bond donors (Lipinski definition) is 1. The van der Waals surface area contributed by atoms with Crippen LogP contribution in [0.3, 0.4) is 0 Å². The molecule has 1 aliphatic carbocycles. The molecule has 0 aromatic heterocycles. The van der Waals surface area contributed by atoms with Gasteiger partial charge in [0, 0.05) is 25.2 Å². The number of carbonyl (C=O) groups excluding carboxylic acids is 1. The third-order valence-electron chi connectivity index (χ3n) is 3.91. The maximum Gasteiger partial charge on any atom is 0.253 e. The summed E-state index contributed by atoms with van der Waals surface area (Å²) in [4.78, 5) is 14.3. The number of hydrogen-bond acceptors (Lipinski definition) is 3. The van der Waals surface area contributed by atoms with E-state index in [1.807, 2.05) is 29.2 Å². The quantitative estimate of drug-likeness (QED) is 0.928. The summed E-state index contributed by atoms with van der Waals surface area (Å²) in [7, 11) is 0. The zero-order valence-electron chi connectivity index (χ0n) is 12.2. The average Bonchev–Trinajstić information content (AvgIpc) is 3.31. The molecule has 1 heterocycles. The van der Waals surface area contributed by atoms with E-state index in [1.165, 1.54) is 12.8 Å². The Morgan fingerprint density at radius 1 is 1.19 bits per heavy atom. The Kier molecular flexibility index (Phi) is 5.88. The Morgan fingerprint density at radius 3 is 2.67 bits per heavy atom. The van der Waals surface area contributed by atoms with Gasteiger partial charge in [-0.15, -0.1) is 12.4 Å². The van der Waals surface area contributed by atoms with Crippen LogP contribution in [-0.4, -0.2) is 43.6 Å². The fourth-order valence-electron chi connectivity index (χ4n) is 2.42. The first kappa shape index (κ1) is 16.1. The van der Waals surface area contributed by atoms with Crippen LogP contribution in [-0.2, 0) is 0 Å². The van der Waals surface area contributed by atoms with Crippen LogP contribution < -0.4 is 10.1 Å². The molecule has 5 heteroatoms. The first-order valence-corrected chi connectivity index (χ1v) is 7.56. The number of amides is 1. The molecule has 0 atom stereocenters. The fraction of sp³-hybridized carbons (Fsp3) is 0.562. The molecule has 116 valence electrons. The highest BCUT2D eigenvalue weighted by atomic mass is 35.5. The minimum absolute atomic E-state index is 0. The Balaban J connectivity index is 0.00000161. The van der Waals surface area contributed by atoms with Crippen molar-refractivity contribution in [3.05, 3.63) is 29.8 Å². The molecule has 1 N–H and O–H groups in total. The van der Waals surface area contributed by atoms with Gasteiger partial charge < -0.3 is 15.0 Å². The van der Waals surface area contributed by atoms with E-state index in [9.17, 15) is 4.79 Å². The van der Waals surface area contributed by atoms with Crippen LogP contribution in [0.15, 0.2) is 24.3 Å². The summed E-state index contributed by atoms with van der Waals surface area (Å²) >= 11 is 0. The first-order valence-electron chi connectivity index (χ1n) is 7.56. The van der Waals surface area contributed by atoms with Gasteiger partial charge in [-0.3, -0.25) is 4.79 Å².